The summed E-state index contributed by atoms with van der Waals surface area (Å²) in [6.07, 6.45) is 7.62. The van der Waals surface area contributed by atoms with Crippen molar-refractivity contribution >= 4 is 0 Å². The lowest BCUT2D eigenvalue weighted by atomic mass is 10.3. The van der Waals surface area contributed by atoms with Gasteiger partial charge in [-0.2, -0.15) is 0 Å². The molecule has 0 amide bonds. The van der Waals surface area contributed by atoms with Gasteiger partial charge in [-0.05, 0) is 45.9 Å². The van der Waals surface area contributed by atoms with Gasteiger partial charge in [0.15, 0.2) is 5.89 Å². The number of hydrogen-bond acceptors (Lipinski definition) is 4. The monoisotopic (exact) mass is 237 g/mol. The Balaban J connectivity index is 1.69. The highest BCUT2D eigenvalue weighted by atomic mass is 16.4. The summed E-state index contributed by atoms with van der Waals surface area (Å²) in [5, 5.41) is 3.14. The Kier molecular flexibility index (Phi) is 5.01. The van der Waals surface area contributed by atoms with E-state index in [1.54, 1.807) is 0 Å². The highest BCUT2D eigenvalue weighted by molar-refractivity contribution is 4.95. The van der Waals surface area contributed by atoms with Crippen molar-refractivity contribution in [3.63, 3.8) is 0 Å². The highest BCUT2D eigenvalue weighted by Crippen LogP contribution is 2.10. The number of aromatic nitrogens is 1. The molecule has 0 aromatic carbocycles. The van der Waals surface area contributed by atoms with Crippen LogP contribution in [-0.2, 0) is 12.8 Å². The average molecular weight is 237 g/mol. The van der Waals surface area contributed by atoms with E-state index in [-0.39, 0.29) is 0 Å². The first kappa shape index (κ1) is 12.6. The van der Waals surface area contributed by atoms with Crippen molar-refractivity contribution in [1.82, 2.24) is 15.2 Å². The fourth-order valence-corrected chi connectivity index (χ4v) is 2.28. The Bertz CT molecular complexity index is 318. The van der Waals surface area contributed by atoms with Gasteiger partial charge in [-0.3, -0.25) is 0 Å². The summed E-state index contributed by atoms with van der Waals surface area (Å²) < 4.78 is 5.72. The van der Waals surface area contributed by atoms with E-state index in [1.165, 1.54) is 25.9 Å². The zero-order valence-corrected chi connectivity index (χ0v) is 10.7. The van der Waals surface area contributed by atoms with E-state index in [0.29, 0.717) is 0 Å². The van der Waals surface area contributed by atoms with Crippen LogP contribution >= 0.6 is 0 Å². The molecule has 0 saturated carbocycles. The summed E-state index contributed by atoms with van der Waals surface area (Å²) in [5.74, 6) is 1.92. The van der Waals surface area contributed by atoms with Crippen LogP contribution in [0, 0.1) is 0 Å². The molecule has 2 rings (SSSR count). The third-order valence-electron chi connectivity index (χ3n) is 3.29. The number of rotatable bonds is 7. The molecule has 1 aromatic rings. The lowest BCUT2D eigenvalue weighted by Crippen LogP contribution is -2.21. The maximum Gasteiger partial charge on any atom is 0.195 e. The number of hydrogen-bond donors (Lipinski definition) is 1. The minimum atomic E-state index is 0.899. The molecule has 0 aliphatic carbocycles. The maximum absolute atomic E-state index is 5.72. The van der Waals surface area contributed by atoms with Gasteiger partial charge in [0.1, 0.15) is 5.76 Å². The SMILES string of the molecule is CNCCCc1cnc(CCN2CCCC2)o1. The van der Waals surface area contributed by atoms with E-state index >= 15 is 0 Å². The molecule has 17 heavy (non-hydrogen) atoms. The summed E-state index contributed by atoms with van der Waals surface area (Å²) in [6.45, 7) is 4.62. The molecule has 1 aliphatic heterocycles. The smallest absolute Gasteiger partial charge is 0.195 e. The van der Waals surface area contributed by atoms with Crippen molar-refractivity contribution in [2.45, 2.75) is 32.1 Å². The molecule has 1 aliphatic rings. The third-order valence-corrected chi connectivity index (χ3v) is 3.29. The van der Waals surface area contributed by atoms with Gasteiger partial charge >= 0.3 is 0 Å². The summed E-state index contributed by atoms with van der Waals surface area (Å²) >= 11 is 0. The van der Waals surface area contributed by atoms with Crippen molar-refractivity contribution in [3.8, 4) is 0 Å². The predicted molar refractivity (Wildman–Crippen MR) is 68.1 cm³/mol. The largest absolute Gasteiger partial charge is 0.446 e. The molecular weight excluding hydrogens is 214 g/mol. The van der Waals surface area contributed by atoms with Gasteiger partial charge in [0.2, 0.25) is 0 Å². The summed E-state index contributed by atoms with van der Waals surface area (Å²) in [6, 6.07) is 0. The van der Waals surface area contributed by atoms with Gasteiger partial charge in [-0.15, -0.1) is 0 Å². The van der Waals surface area contributed by atoms with Crippen molar-refractivity contribution in [3.05, 3.63) is 17.8 Å². The Morgan fingerprint density at radius 2 is 2.18 bits per heavy atom. The number of nitrogens with zero attached hydrogens (tertiary/aromatic N) is 2. The van der Waals surface area contributed by atoms with Crippen molar-refractivity contribution in [2.75, 3.05) is 33.2 Å². The minimum Gasteiger partial charge on any atom is -0.446 e. The van der Waals surface area contributed by atoms with Crippen molar-refractivity contribution in [1.29, 1.82) is 0 Å². The first-order valence-corrected chi connectivity index (χ1v) is 6.69. The molecule has 0 unspecified atom stereocenters. The maximum atomic E-state index is 5.72. The van der Waals surface area contributed by atoms with Gasteiger partial charge in [0.05, 0.1) is 6.20 Å². The van der Waals surface area contributed by atoms with Crippen molar-refractivity contribution < 1.29 is 4.42 Å². The van der Waals surface area contributed by atoms with Crippen LogP contribution < -0.4 is 5.32 Å². The molecular formula is C13H23N3O. The average Bonchev–Trinajstić information content (AvgIpc) is 2.98. The molecule has 1 aromatic heterocycles. The van der Waals surface area contributed by atoms with Gasteiger partial charge in [-0.1, -0.05) is 0 Å². The molecule has 96 valence electrons. The molecule has 0 spiro atoms. The number of oxazole rings is 1. The topological polar surface area (TPSA) is 41.3 Å². The fraction of sp³-hybridized carbons (Fsp3) is 0.769. The first-order valence-electron chi connectivity index (χ1n) is 6.69. The second-order valence-electron chi connectivity index (χ2n) is 4.73. The minimum absolute atomic E-state index is 0.899. The van der Waals surface area contributed by atoms with Crippen LogP contribution in [0.4, 0.5) is 0 Å². The molecule has 0 bridgehead atoms. The Morgan fingerprint density at radius 1 is 1.35 bits per heavy atom. The van der Waals surface area contributed by atoms with Gasteiger partial charge in [0, 0.05) is 19.4 Å². The fourth-order valence-electron chi connectivity index (χ4n) is 2.28. The molecule has 1 saturated heterocycles. The van der Waals surface area contributed by atoms with E-state index in [9.17, 15) is 0 Å². The molecule has 4 nitrogen and oxygen atoms in total. The van der Waals surface area contributed by atoms with Crippen LogP contribution in [0.1, 0.15) is 30.9 Å². The predicted octanol–water partition coefficient (Wildman–Crippen LogP) is 1.46. The lowest BCUT2D eigenvalue weighted by Gasteiger charge is -2.12. The first-order chi connectivity index (χ1) is 8.38. The molecule has 1 fully saturated rings. The van der Waals surface area contributed by atoms with Gasteiger partial charge in [0.25, 0.3) is 0 Å². The molecule has 1 N–H and O–H groups in total. The van der Waals surface area contributed by atoms with Crippen LogP contribution in [-0.4, -0.2) is 43.1 Å². The normalized spacial score (nSPS) is 16.8. The van der Waals surface area contributed by atoms with Gasteiger partial charge < -0.3 is 14.6 Å². The Morgan fingerprint density at radius 3 is 2.94 bits per heavy atom. The van der Waals surface area contributed by atoms with E-state index in [4.69, 9.17) is 4.42 Å². The van der Waals surface area contributed by atoms with Crippen molar-refractivity contribution in [2.24, 2.45) is 0 Å². The van der Waals surface area contributed by atoms with Crippen LogP contribution in [0.15, 0.2) is 10.6 Å². The zero-order valence-electron chi connectivity index (χ0n) is 10.7. The Hall–Kier alpha value is -0.870. The summed E-state index contributed by atoms with van der Waals surface area (Å²) in [5.41, 5.74) is 0. The summed E-state index contributed by atoms with van der Waals surface area (Å²) in [4.78, 5) is 6.83. The Labute approximate surface area is 103 Å². The van der Waals surface area contributed by atoms with E-state index in [1.807, 2.05) is 13.2 Å². The van der Waals surface area contributed by atoms with Crippen LogP contribution in [0.2, 0.25) is 0 Å². The summed E-state index contributed by atoms with van der Waals surface area (Å²) in [7, 11) is 1.97. The zero-order chi connectivity index (χ0) is 11.9. The number of likely N-dealkylation sites (tertiary alicyclic amines) is 1. The van der Waals surface area contributed by atoms with E-state index in [0.717, 1.165) is 44.0 Å². The standard InChI is InChI=1S/C13H23N3O/c1-14-7-4-5-12-11-15-13(17-12)6-10-16-8-2-3-9-16/h11,14H,2-10H2,1H3. The van der Waals surface area contributed by atoms with E-state index in [2.05, 4.69) is 15.2 Å². The van der Waals surface area contributed by atoms with Gasteiger partial charge in [-0.25, -0.2) is 4.98 Å². The molecule has 2 heterocycles. The second-order valence-corrected chi connectivity index (χ2v) is 4.73. The number of aryl methyl sites for hydroxylation is 1. The second kappa shape index (κ2) is 6.77. The molecule has 4 heteroatoms. The highest BCUT2D eigenvalue weighted by Gasteiger charge is 2.12. The van der Waals surface area contributed by atoms with Crippen LogP contribution in [0.5, 0.6) is 0 Å². The molecule has 0 radical (unpaired) electrons. The lowest BCUT2D eigenvalue weighted by molar-refractivity contribution is 0.325. The number of nitrogens with one attached hydrogen (secondary N) is 1. The third kappa shape index (κ3) is 4.13. The van der Waals surface area contributed by atoms with E-state index < -0.39 is 0 Å². The van der Waals surface area contributed by atoms with Crippen LogP contribution in [0.3, 0.4) is 0 Å². The van der Waals surface area contributed by atoms with Crippen LogP contribution in [0.25, 0.3) is 0 Å². The quantitative estimate of drug-likeness (QED) is 0.729. The molecule has 0 atom stereocenters.